The van der Waals surface area contributed by atoms with Gasteiger partial charge in [-0.15, -0.1) is 0 Å². The molecule has 6 nitrogen and oxygen atoms in total. The molecule has 23 heavy (non-hydrogen) atoms. The summed E-state index contributed by atoms with van der Waals surface area (Å²) in [5.74, 6) is -1.53. The molecule has 1 saturated heterocycles. The monoisotopic (exact) mass is 313 g/mol. The lowest BCUT2D eigenvalue weighted by molar-refractivity contribution is -0.143. The number of carboxylic acid groups (broad SMARTS) is 1. The molecule has 3 rings (SSSR count). The molecule has 2 atom stereocenters. The van der Waals surface area contributed by atoms with Crippen molar-refractivity contribution in [3.8, 4) is 0 Å². The van der Waals surface area contributed by atoms with Crippen LogP contribution in [0.2, 0.25) is 0 Å². The number of amides is 1. The molecule has 2 unspecified atom stereocenters. The maximum absolute atomic E-state index is 12.6. The third kappa shape index (κ3) is 3.26. The first-order chi connectivity index (χ1) is 11.0. The van der Waals surface area contributed by atoms with Gasteiger partial charge in [-0.2, -0.15) is 5.10 Å². The molecule has 0 aliphatic carbocycles. The van der Waals surface area contributed by atoms with E-state index < -0.39 is 11.9 Å². The van der Waals surface area contributed by atoms with E-state index >= 15 is 0 Å². The topological polar surface area (TPSA) is 75.4 Å². The smallest absolute Gasteiger partial charge is 0.308 e. The Labute approximate surface area is 134 Å². The largest absolute Gasteiger partial charge is 0.481 e. The van der Waals surface area contributed by atoms with Crippen molar-refractivity contribution < 1.29 is 14.7 Å². The predicted molar refractivity (Wildman–Crippen MR) is 84.0 cm³/mol. The van der Waals surface area contributed by atoms with E-state index in [1.54, 1.807) is 22.8 Å². The van der Waals surface area contributed by atoms with Crippen LogP contribution in [0.3, 0.4) is 0 Å². The number of piperidine rings is 1. The number of rotatable bonds is 3. The minimum atomic E-state index is -0.852. The first-order valence-electron chi connectivity index (χ1n) is 7.60. The average molecular weight is 313 g/mol. The Kier molecular flexibility index (Phi) is 4.14. The second kappa shape index (κ2) is 6.24. The van der Waals surface area contributed by atoms with Crippen LogP contribution in [-0.4, -0.2) is 44.8 Å². The molecule has 1 N–H and O–H groups in total. The van der Waals surface area contributed by atoms with Crippen LogP contribution < -0.4 is 0 Å². The van der Waals surface area contributed by atoms with Crippen molar-refractivity contribution >= 4 is 11.9 Å². The van der Waals surface area contributed by atoms with E-state index in [4.69, 9.17) is 0 Å². The zero-order valence-electron chi connectivity index (χ0n) is 12.9. The Hall–Kier alpha value is -2.63. The van der Waals surface area contributed by atoms with Crippen molar-refractivity contribution in [2.24, 2.45) is 13.0 Å². The summed E-state index contributed by atoms with van der Waals surface area (Å²) in [4.78, 5) is 25.8. The number of carbonyl (C=O) groups excluding carboxylic acids is 1. The highest BCUT2D eigenvalue weighted by Crippen LogP contribution is 2.31. The van der Waals surface area contributed by atoms with Gasteiger partial charge in [0.2, 0.25) is 0 Å². The van der Waals surface area contributed by atoms with Crippen LogP contribution >= 0.6 is 0 Å². The van der Waals surface area contributed by atoms with E-state index in [0.29, 0.717) is 18.5 Å². The van der Waals surface area contributed by atoms with Gasteiger partial charge in [-0.3, -0.25) is 14.3 Å². The van der Waals surface area contributed by atoms with Gasteiger partial charge >= 0.3 is 5.97 Å². The fourth-order valence-corrected chi connectivity index (χ4v) is 3.12. The molecule has 1 amide bonds. The molecule has 1 aliphatic heterocycles. The minimum absolute atomic E-state index is 0.0340. The average Bonchev–Trinajstić information content (AvgIpc) is 3.01. The lowest BCUT2D eigenvalue weighted by Crippen LogP contribution is -2.45. The second-order valence-corrected chi connectivity index (χ2v) is 5.99. The number of hydrogen-bond donors (Lipinski definition) is 1. The van der Waals surface area contributed by atoms with Crippen molar-refractivity contribution in [1.29, 1.82) is 0 Å². The number of aliphatic carboxylic acids is 1. The van der Waals surface area contributed by atoms with Crippen molar-refractivity contribution in [1.82, 2.24) is 14.7 Å². The summed E-state index contributed by atoms with van der Waals surface area (Å²) in [6.45, 7) is 0.772. The normalized spacial score (nSPS) is 21.2. The van der Waals surface area contributed by atoms with Crippen LogP contribution in [-0.2, 0) is 11.8 Å². The van der Waals surface area contributed by atoms with Crippen LogP contribution in [0, 0.1) is 5.92 Å². The molecular formula is C17H19N3O3. The van der Waals surface area contributed by atoms with E-state index in [0.717, 1.165) is 5.56 Å². The Morgan fingerprint density at radius 3 is 2.57 bits per heavy atom. The van der Waals surface area contributed by atoms with Gasteiger partial charge in [-0.1, -0.05) is 30.3 Å². The quantitative estimate of drug-likeness (QED) is 0.936. The minimum Gasteiger partial charge on any atom is -0.481 e. The lowest BCUT2D eigenvalue weighted by Gasteiger charge is -2.36. The van der Waals surface area contributed by atoms with Gasteiger partial charge in [0.1, 0.15) is 0 Å². The van der Waals surface area contributed by atoms with Crippen molar-refractivity contribution in [2.45, 2.75) is 12.3 Å². The molecule has 1 aromatic carbocycles. The van der Waals surface area contributed by atoms with Crippen molar-refractivity contribution in [3.05, 3.63) is 53.9 Å². The summed E-state index contributed by atoms with van der Waals surface area (Å²) < 4.78 is 1.57. The third-order valence-corrected chi connectivity index (χ3v) is 4.31. The third-order valence-electron chi connectivity index (χ3n) is 4.31. The number of aryl methyl sites for hydroxylation is 1. The Balaban J connectivity index is 1.84. The molecule has 120 valence electrons. The number of benzene rings is 1. The molecule has 0 radical (unpaired) electrons. The SMILES string of the molecule is Cn1cc(C(=O)N2CC(C(=O)O)CC(c3ccccc3)C2)cn1. The number of likely N-dealkylation sites (tertiary alicyclic amines) is 1. The molecule has 0 bridgehead atoms. The van der Waals surface area contributed by atoms with Crippen molar-refractivity contribution in [2.75, 3.05) is 13.1 Å². The van der Waals surface area contributed by atoms with Gasteiger partial charge in [-0.05, 0) is 12.0 Å². The number of carboxylic acids is 1. The second-order valence-electron chi connectivity index (χ2n) is 5.99. The molecular weight excluding hydrogens is 294 g/mol. The van der Waals surface area contributed by atoms with Crippen LogP contribution in [0.25, 0.3) is 0 Å². The molecule has 1 aromatic heterocycles. The molecule has 1 aliphatic rings. The number of nitrogens with zero attached hydrogens (tertiary/aromatic N) is 3. The summed E-state index contributed by atoms with van der Waals surface area (Å²) in [5.41, 5.74) is 1.56. The van der Waals surface area contributed by atoms with Gasteiger partial charge in [-0.25, -0.2) is 0 Å². The summed E-state index contributed by atoms with van der Waals surface area (Å²) in [6, 6.07) is 9.78. The van der Waals surface area contributed by atoms with Gasteiger partial charge in [0.15, 0.2) is 0 Å². The number of hydrogen-bond acceptors (Lipinski definition) is 3. The standard InChI is InChI=1S/C17H19N3O3/c1-19-9-15(8-18-19)16(21)20-10-13(7-14(11-20)17(22)23)12-5-3-2-4-6-12/h2-6,8-9,13-14H,7,10-11H2,1H3,(H,22,23). The molecule has 1 fully saturated rings. The highest BCUT2D eigenvalue weighted by Gasteiger charge is 2.35. The summed E-state index contributed by atoms with van der Waals surface area (Å²) in [6.07, 6.45) is 3.73. The molecule has 2 aromatic rings. The summed E-state index contributed by atoms with van der Waals surface area (Å²) in [7, 11) is 1.75. The first-order valence-corrected chi connectivity index (χ1v) is 7.60. The fourth-order valence-electron chi connectivity index (χ4n) is 3.12. The predicted octanol–water partition coefficient (Wildman–Crippen LogP) is 1.75. The molecule has 0 saturated carbocycles. The van der Waals surface area contributed by atoms with E-state index in [1.807, 2.05) is 30.3 Å². The summed E-state index contributed by atoms with van der Waals surface area (Å²) in [5, 5.41) is 13.4. The van der Waals surface area contributed by atoms with E-state index in [2.05, 4.69) is 5.10 Å². The van der Waals surface area contributed by atoms with Gasteiger partial charge in [0, 0.05) is 32.3 Å². The lowest BCUT2D eigenvalue weighted by atomic mass is 9.84. The maximum atomic E-state index is 12.6. The maximum Gasteiger partial charge on any atom is 0.308 e. The number of carbonyl (C=O) groups is 2. The molecule has 0 spiro atoms. The molecule has 6 heteroatoms. The van der Waals surface area contributed by atoms with Gasteiger partial charge in [0.05, 0.1) is 17.7 Å². The fraction of sp³-hybridized carbons (Fsp3) is 0.353. The number of aromatic nitrogens is 2. The van der Waals surface area contributed by atoms with Crippen LogP contribution in [0.4, 0.5) is 0 Å². The van der Waals surface area contributed by atoms with Crippen molar-refractivity contribution in [3.63, 3.8) is 0 Å². The van der Waals surface area contributed by atoms with Crippen LogP contribution in [0.5, 0.6) is 0 Å². The summed E-state index contributed by atoms with van der Waals surface area (Å²) >= 11 is 0. The van der Waals surface area contributed by atoms with E-state index in [-0.39, 0.29) is 18.4 Å². The molecule has 2 heterocycles. The Bertz CT molecular complexity index is 711. The highest BCUT2D eigenvalue weighted by atomic mass is 16.4. The Morgan fingerprint density at radius 1 is 1.22 bits per heavy atom. The zero-order valence-corrected chi connectivity index (χ0v) is 12.9. The highest BCUT2D eigenvalue weighted by molar-refractivity contribution is 5.94. The Morgan fingerprint density at radius 2 is 1.96 bits per heavy atom. The van der Waals surface area contributed by atoms with Crippen LogP contribution in [0.15, 0.2) is 42.7 Å². The van der Waals surface area contributed by atoms with E-state index in [9.17, 15) is 14.7 Å². The first kappa shape index (κ1) is 15.3. The van der Waals surface area contributed by atoms with Gasteiger partial charge in [0.25, 0.3) is 5.91 Å². The van der Waals surface area contributed by atoms with Gasteiger partial charge < -0.3 is 10.0 Å². The van der Waals surface area contributed by atoms with Crippen LogP contribution in [0.1, 0.15) is 28.3 Å². The van der Waals surface area contributed by atoms with E-state index in [1.165, 1.54) is 6.20 Å². The zero-order chi connectivity index (χ0) is 16.4.